The van der Waals surface area contributed by atoms with Gasteiger partial charge in [0.15, 0.2) is 0 Å². The second-order valence-corrected chi connectivity index (χ2v) is 5.46. The maximum absolute atomic E-state index is 5.67. The number of alkyl halides is 1. The molecular formula is C10H11Br3O. The molecule has 0 aliphatic rings. The molecule has 1 aromatic rings. The third-order valence-corrected chi connectivity index (χ3v) is 3.39. The molecule has 0 aliphatic carbocycles. The zero-order chi connectivity index (χ0) is 10.7. The second kappa shape index (κ2) is 5.52. The van der Waals surface area contributed by atoms with Gasteiger partial charge in [0.2, 0.25) is 0 Å². The highest BCUT2D eigenvalue weighted by Crippen LogP contribution is 2.35. The predicted octanol–water partition coefficient (Wildman–Crippen LogP) is 4.89. The van der Waals surface area contributed by atoms with Gasteiger partial charge in [-0.05, 0) is 63.4 Å². The van der Waals surface area contributed by atoms with Gasteiger partial charge in [-0.25, -0.2) is 0 Å². The summed E-state index contributed by atoms with van der Waals surface area (Å²) in [5.41, 5.74) is 1.21. The minimum atomic E-state index is 0.178. The van der Waals surface area contributed by atoms with Gasteiger partial charge in [0.25, 0.3) is 0 Å². The van der Waals surface area contributed by atoms with Crippen LogP contribution in [0.2, 0.25) is 0 Å². The van der Waals surface area contributed by atoms with Gasteiger partial charge in [-0.2, -0.15) is 0 Å². The molecular weight excluding hydrogens is 376 g/mol. The first-order chi connectivity index (χ1) is 6.54. The summed E-state index contributed by atoms with van der Waals surface area (Å²) < 4.78 is 7.63. The summed E-state index contributed by atoms with van der Waals surface area (Å²) in [6.45, 7) is 4.02. The number of ether oxygens (including phenoxy) is 1. The van der Waals surface area contributed by atoms with Crippen LogP contribution in [0.1, 0.15) is 19.4 Å². The molecule has 0 saturated carbocycles. The van der Waals surface area contributed by atoms with Crippen LogP contribution in [0.25, 0.3) is 0 Å². The Kier molecular flexibility index (Phi) is 4.94. The van der Waals surface area contributed by atoms with Crippen molar-refractivity contribution in [1.29, 1.82) is 0 Å². The largest absolute Gasteiger partial charge is 0.489 e. The van der Waals surface area contributed by atoms with Crippen LogP contribution < -0.4 is 4.74 Å². The van der Waals surface area contributed by atoms with Crippen molar-refractivity contribution < 1.29 is 4.74 Å². The van der Waals surface area contributed by atoms with E-state index in [1.807, 2.05) is 13.8 Å². The average molecular weight is 387 g/mol. The Morgan fingerprint density at radius 1 is 1.21 bits per heavy atom. The predicted molar refractivity (Wildman–Crippen MR) is 70.2 cm³/mol. The van der Waals surface area contributed by atoms with Crippen LogP contribution in [0.3, 0.4) is 0 Å². The van der Waals surface area contributed by atoms with Crippen molar-refractivity contribution in [3.63, 3.8) is 0 Å². The molecule has 0 N–H and O–H groups in total. The maximum atomic E-state index is 5.67. The van der Waals surface area contributed by atoms with E-state index in [4.69, 9.17) is 4.74 Å². The van der Waals surface area contributed by atoms with Crippen LogP contribution in [0.5, 0.6) is 5.75 Å². The summed E-state index contributed by atoms with van der Waals surface area (Å²) in [7, 11) is 0. The van der Waals surface area contributed by atoms with Crippen LogP contribution in [-0.2, 0) is 5.33 Å². The number of benzene rings is 1. The molecule has 1 rings (SSSR count). The van der Waals surface area contributed by atoms with E-state index in [1.54, 1.807) is 0 Å². The maximum Gasteiger partial charge on any atom is 0.148 e. The van der Waals surface area contributed by atoms with Gasteiger partial charge in [0, 0.05) is 5.33 Å². The molecule has 0 aliphatic heterocycles. The molecule has 0 spiro atoms. The molecule has 0 fully saturated rings. The van der Waals surface area contributed by atoms with E-state index in [9.17, 15) is 0 Å². The lowest BCUT2D eigenvalue weighted by atomic mass is 10.2. The van der Waals surface area contributed by atoms with E-state index in [0.29, 0.717) is 0 Å². The van der Waals surface area contributed by atoms with Gasteiger partial charge in [0.1, 0.15) is 5.75 Å². The first-order valence-electron chi connectivity index (χ1n) is 4.25. The second-order valence-electron chi connectivity index (χ2n) is 3.19. The average Bonchev–Trinajstić information content (AvgIpc) is 2.10. The van der Waals surface area contributed by atoms with Gasteiger partial charge in [-0.3, -0.25) is 0 Å². The zero-order valence-corrected chi connectivity index (χ0v) is 12.7. The summed E-state index contributed by atoms with van der Waals surface area (Å²) >= 11 is 10.4. The Labute approximate surface area is 110 Å². The van der Waals surface area contributed by atoms with Gasteiger partial charge in [-0.15, -0.1) is 0 Å². The third-order valence-electron chi connectivity index (χ3n) is 1.57. The number of rotatable bonds is 3. The lowest BCUT2D eigenvalue weighted by Crippen LogP contribution is -2.06. The fourth-order valence-electron chi connectivity index (χ4n) is 1.04. The Bertz CT molecular complexity index is 300. The zero-order valence-electron chi connectivity index (χ0n) is 7.98. The molecule has 0 amide bonds. The van der Waals surface area contributed by atoms with Crippen LogP contribution in [0.4, 0.5) is 0 Å². The van der Waals surface area contributed by atoms with Crippen molar-refractivity contribution in [2.24, 2.45) is 0 Å². The SMILES string of the molecule is CC(C)Oc1c(Br)cc(CBr)cc1Br. The molecule has 0 bridgehead atoms. The number of hydrogen-bond acceptors (Lipinski definition) is 1. The molecule has 0 atom stereocenters. The van der Waals surface area contributed by atoms with Gasteiger partial charge < -0.3 is 4.74 Å². The fourth-order valence-corrected chi connectivity index (χ4v) is 2.83. The van der Waals surface area contributed by atoms with Gasteiger partial charge in [0.05, 0.1) is 15.0 Å². The monoisotopic (exact) mass is 384 g/mol. The smallest absolute Gasteiger partial charge is 0.148 e. The minimum absolute atomic E-state index is 0.178. The van der Waals surface area contributed by atoms with Crippen molar-refractivity contribution in [1.82, 2.24) is 0 Å². The summed E-state index contributed by atoms with van der Waals surface area (Å²) in [5.74, 6) is 0.865. The topological polar surface area (TPSA) is 9.23 Å². The van der Waals surface area contributed by atoms with Crippen molar-refractivity contribution in [3.05, 3.63) is 26.6 Å². The first kappa shape index (κ1) is 12.5. The first-order valence-corrected chi connectivity index (χ1v) is 6.96. The lowest BCUT2D eigenvalue weighted by Gasteiger charge is -2.14. The Morgan fingerprint density at radius 2 is 1.71 bits per heavy atom. The van der Waals surface area contributed by atoms with Crippen molar-refractivity contribution in [2.45, 2.75) is 25.3 Å². The Morgan fingerprint density at radius 3 is 2.07 bits per heavy atom. The molecule has 78 valence electrons. The molecule has 0 heterocycles. The molecule has 1 aromatic carbocycles. The van der Waals surface area contributed by atoms with E-state index < -0.39 is 0 Å². The third kappa shape index (κ3) is 3.24. The van der Waals surface area contributed by atoms with E-state index in [1.165, 1.54) is 5.56 Å². The van der Waals surface area contributed by atoms with Gasteiger partial charge in [-0.1, -0.05) is 15.9 Å². The molecule has 0 unspecified atom stereocenters. The summed E-state index contributed by atoms with van der Waals surface area (Å²) in [6.07, 6.45) is 0.178. The Hall–Kier alpha value is 0.460. The normalized spacial score (nSPS) is 10.7. The van der Waals surface area contributed by atoms with E-state index in [-0.39, 0.29) is 6.10 Å². The van der Waals surface area contributed by atoms with Crippen molar-refractivity contribution >= 4 is 47.8 Å². The van der Waals surface area contributed by atoms with Crippen LogP contribution >= 0.6 is 47.8 Å². The summed E-state index contributed by atoms with van der Waals surface area (Å²) in [6, 6.07) is 4.11. The summed E-state index contributed by atoms with van der Waals surface area (Å²) in [5, 5.41) is 0.839. The molecule has 14 heavy (non-hydrogen) atoms. The number of hydrogen-bond donors (Lipinski definition) is 0. The highest BCUT2D eigenvalue weighted by molar-refractivity contribution is 9.11. The molecule has 0 radical (unpaired) electrons. The Balaban J connectivity index is 3.05. The highest BCUT2D eigenvalue weighted by atomic mass is 79.9. The fraction of sp³-hybridized carbons (Fsp3) is 0.400. The van der Waals surface area contributed by atoms with Crippen LogP contribution in [0, 0.1) is 0 Å². The quantitative estimate of drug-likeness (QED) is 0.672. The molecule has 1 nitrogen and oxygen atoms in total. The summed E-state index contributed by atoms with van der Waals surface area (Å²) in [4.78, 5) is 0. The van der Waals surface area contributed by atoms with E-state index in [2.05, 4.69) is 59.9 Å². The lowest BCUT2D eigenvalue weighted by molar-refractivity contribution is 0.239. The van der Waals surface area contributed by atoms with Gasteiger partial charge >= 0.3 is 0 Å². The standard InChI is InChI=1S/C10H11Br3O/c1-6(2)14-10-8(12)3-7(5-11)4-9(10)13/h3-4,6H,5H2,1-2H3. The van der Waals surface area contributed by atoms with Crippen LogP contribution in [0.15, 0.2) is 21.1 Å². The van der Waals surface area contributed by atoms with Crippen molar-refractivity contribution in [3.8, 4) is 5.75 Å². The van der Waals surface area contributed by atoms with Crippen LogP contribution in [-0.4, -0.2) is 6.10 Å². The van der Waals surface area contributed by atoms with Crippen molar-refractivity contribution in [2.75, 3.05) is 0 Å². The molecule has 4 heteroatoms. The highest BCUT2D eigenvalue weighted by Gasteiger charge is 2.09. The van der Waals surface area contributed by atoms with E-state index >= 15 is 0 Å². The number of halogens is 3. The molecule has 0 aromatic heterocycles. The molecule has 0 saturated heterocycles. The minimum Gasteiger partial charge on any atom is -0.489 e. The van der Waals surface area contributed by atoms with E-state index in [0.717, 1.165) is 20.0 Å².